The summed E-state index contributed by atoms with van der Waals surface area (Å²) < 4.78 is 24.0. The van der Waals surface area contributed by atoms with Gasteiger partial charge in [0.1, 0.15) is 0 Å². The van der Waals surface area contributed by atoms with Gasteiger partial charge in [-0.15, -0.1) is 0 Å². The highest BCUT2D eigenvalue weighted by atomic mass is 19.1. The topological polar surface area (TPSA) is 67.9 Å². The average molecular weight is 352 g/mol. The first kappa shape index (κ1) is 19.2. The third kappa shape index (κ3) is 6.01. The number of likely N-dealkylation sites (tertiary alicyclic amines) is 1. The number of para-hydroxylation sites is 1. The molecule has 6 nitrogen and oxygen atoms in total. The van der Waals surface area contributed by atoms with Crippen LogP contribution in [0.25, 0.3) is 0 Å². The van der Waals surface area contributed by atoms with Crippen LogP contribution in [0.4, 0.5) is 4.39 Å². The number of carbonyl (C=O) groups excluding carboxylic acids is 2. The largest absolute Gasteiger partial charge is 0.481 e. The number of carbonyl (C=O) groups is 2. The second-order valence-electron chi connectivity index (χ2n) is 6.28. The van der Waals surface area contributed by atoms with Gasteiger partial charge in [0.15, 0.2) is 18.2 Å². The lowest BCUT2D eigenvalue weighted by Gasteiger charge is -2.38. The third-order valence-electron chi connectivity index (χ3n) is 3.86. The Balaban J connectivity index is 1.60. The zero-order chi connectivity index (χ0) is 18.2. The van der Waals surface area contributed by atoms with Crippen LogP contribution >= 0.6 is 0 Å². The standard InChI is InChI=1S/C18H25FN2O4/c1-13(2)24-9-5-8-20-18(23)14-10-21(11-14)17(22)12-25-16-7-4-3-6-15(16)19/h3-4,6-7,13-14H,5,8-12H2,1-2H3,(H,20,23). The predicted octanol–water partition coefficient (Wildman–Crippen LogP) is 1.59. The molecule has 2 amide bonds. The molecule has 0 atom stereocenters. The van der Waals surface area contributed by atoms with E-state index in [0.717, 1.165) is 6.42 Å². The second-order valence-corrected chi connectivity index (χ2v) is 6.28. The molecule has 0 aliphatic carbocycles. The number of ether oxygens (including phenoxy) is 2. The summed E-state index contributed by atoms with van der Waals surface area (Å²) >= 11 is 0. The summed E-state index contributed by atoms with van der Waals surface area (Å²) in [6.45, 7) is 5.61. The molecule has 0 spiro atoms. The van der Waals surface area contributed by atoms with Crippen molar-refractivity contribution >= 4 is 11.8 Å². The van der Waals surface area contributed by atoms with Crippen LogP contribution in [-0.2, 0) is 14.3 Å². The van der Waals surface area contributed by atoms with E-state index in [2.05, 4.69) is 5.32 Å². The van der Waals surface area contributed by atoms with Crippen LogP contribution in [0.5, 0.6) is 5.75 Å². The van der Waals surface area contributed by atoms with Gasteiger partial charge in [-0.25, -0.2) is 4.39 Å². The molecule has 0 bridgehead atoms. The molecular weight excluding hydrogens is 327 g/mol. The van der Waals surface area contributed by atoms with E-state index >= 15 is 0 Å². The van der Waals surface area contributed by atoms with E-state index in [1.165, 1.54) is 17.0 Å². The Hall–Kier alpha value is -2.15. The summed E-state index contributed by atoms with van der Waals surface area (Å²) in [4.78, 5) is 25.4. The number of hydrogen-bond acceptors (Lipinski definition) is 4. The van der Waals surface area contributed by atoms with Crippen molar-refractivity contribution in [1.82, 2.24) is 10.2 Å². The van der Waals surface area contributed by atoms with Crippen LogP contribution < -0.4 is 10.1 Å². The summed E-state index contributed by atoms with van der Waals surface area (Å²) in [7, 11) is 0. The van der Waals surface area contributed by atoms with Gasteiger partial charge in [-0.05, 0) is 32.4 Å². The van der Waals surface area contributed by atoms with Crippen molar-refractivity contribution in [3.05, 3.63) is 30.1 Å². The van der Waals surface area contributed by atoms with Crippen LogP contribution in [0.1, 0.15) is 20.3 Å². The van der Waals surface area contributed by atoms with E-state index in [4.69, 9.17) is 9.47 Å². The molecule has 7 heteroatoms. The van der Waals surface area contributed by atoms with Crippen molar-refractivity contribution in [1.29, 1.82) is 0 Å². The first-order valence-corrected chi connectivity index (χ1v) is 8.51. The van der Waals surface area contributed by atoms with Crippen LogP contribution in [-0.4, -0.2) is 55.7 Å². The molecule has 0 aromatic heterocycles. The highest BCUT2D eigenvalue weighted by Crippen LogP contribution is 2.18. The van der Waals surface area contributed by atoms with E-state index in [9.17, 15) is 14.0 Å². The number of nitrogens with one attached hydrogen (secondary N) is 1. The molecule has 0 saturated carbocycles. The smallest absolute Gasteiger partial charge is 0.260 e. The number of benzene rings is 1. The molecule has 138 valence electrons. The first-order chi connectivity index (χ1) is 12.0. The summed E-state index contributed by atoms with van der Waals surface area (Å²) in [5.41, 5.74) is 0. The SMILES string of the molecule is CC(C)OCCCNC(=O)C1CN(C(=O)COc2ccccc2F)C1. The van der Waals surface area contributed by atoms with Crippen molar-refractivity contribution in [3.8, 4) is 5.75 Å². The minimum atomic E-state index is -0.502. The number of halogens is 1. The lowest BCUT2D eigenvalue weighted by atomic mass is 9.99. The van der Waals surface area contributed by atoms with Gasteiger partial charge in [0.05, 0.1) is 12.0 Å². The van der Waals surface area contributed by atoms with E-state index in [0.29, 0.717) is 26.2 Å². The van der Waals surface area contributed by atoms with Crippen molar-refractivity contribution in [2.45, 2.75) is 26.4 Å². The maximum atomic E-state index is 13.4. The minimum Gasteiger partial charge on any atom is -0.481 e. The predicted molar refractivity (Wildman–Crippen MR) is 90.7 cm³/mol. The fraction of sp³-hybridized carbons (Fsp3) is 0.556. The molecule has 1 aliphatic rings. The van der Waals surface area contributed by atoms with Crippen molar-refractivity contribution in [2.75, 3.05) is 32.8 Å². The van der Waals surface area contributed by atoms with Gasteiger partial charge in [0.25, 0.3) is 5.91 Å². The fourth-order valence-corrected chi connectivity index (χ4v) is 2.39. The Morgan fingerprint density at radius 2 is 2.04 bits per heavy atom. The van der Waals surface area contributed by atoms with Crippen LogP contribution in [0.2, 0.25) is 0 Å². The average Bonchev–Trinajstić information content (AvgIpc) is 2.52. The Kier molecular flexibility index (Phi) is 7.18. The molecule has 1 aromatic rings. The lowest BCUT2D eigenvalue weighted by molar-refractivity contribution is -0.144. The van der Waals surface area contributed by atoms with Gasteiger partial charge in [-0.2, -0.15) is 0 Å². The number of hydrogen-bond donors (Lipinski definition) is 1. The van der Waals surface area contributed by atoms with Crippen LogP contribution in [0.3, 0.4) is 0 Å². The van der Waals surface area contributed by atoms with Gasteiger partial charge in [-0.3, -0.25) is 9.59 Å². The summed E-state index contributed by atoms with van der Waals surface area (Å²) in [5, 5.41) is 2.85. The highest BCUT2D eigenvalue weighted by Gasteiger charge is 2.35. The van der Waals surface area contributed by atoms with E-state index < -0.39 is 5.82 Å². The van der Waals surface area contributed by atoms with Gasteiger partial charge < -0.3 is 19.7 Å². The molecular formula is C18H25FN2O4. The van der Waals surface area contributed by atoms with E-state index in [1.807, 2.05) is 13.8 Å². The summed E-state index contributed by atoms with van der Waals surface area (Å²) in [6, 6.07) is 5.94. The lowest BCUT2D eigenvalue weighted by Crippen LogP contribution is -2.56. The second kappa shape index (κ2) is 9.36. The number of nitrogens with zero attached hydrogens (tertiary/aromatic N) is 1. The first-order valence-electron chi connectivity index (χ1n) is 8.51. The summed E-state index contributed by atoms with van der Waals surface area (Å²) in [5.74, 6) is -0.948. The number of amides is 2. The molecule has 1 saturated heterocycles. The molecule has 1 N–H and O–H groups in total. The third-order valence-corrected chi connectivity index (χ3v) is 3.86. The Labute approximate surface area is 147 Å². The maximum absolute atomic E-state index is 13.4. The monoisotopic (exact) mass is 352 g/mol. The molecule has 0 radical (unpaired) electrons. The Morgan fingerprint density at radius 1 is 1.32 bits per heavy atom. The van der Waals surface area contributed by atoms with Crippen molar-refractivity contribution in [3.63, 3.8) is 0 Å². The Morgan fingerprint density at radius 3 is 2.72 bits per heavy atom. The van der Waals surface area contributed by atoms with E-state index in [1.54, 1.807) is 12.1 Å². The van der Waals surface area contributed by atoms with Crippen LogP contribution in [0.15, 0.2) is 24.3 Å². The van der Waals surface area contributed by atoms with Gasteiger partial charge in [0.2, 0.25) is 5.91 Å². The summed E-state index contributed by atoms with van der Waals surface area (Å²) in [6.07, 6.45) is 0.948. The molecule has 1 aliphatic heterocycles. The maximum Gasteiger partial charge on any atom is 0.260 e. The molecule has 1 aromatic carbocycles. The van der Waals surface area contributed by atoms with Gasteiger partial charge in [-0.1, -0.05) is 12.1 Å². The van der Waals surface area contributed by atoms with Crippen LogP contribution in [0, 0.1) is 11.7 Å². The van der Waals surface area contributed by atoms with E-state index in [-0.39, 0.29) is 36.2 Å². The van der Waals surface area contributed by atoms with Crippen molar-refractivity contribution < 1.29 is 23.5 Å². The molecule has 2 rings (SSSR count). The normalized spacial score (nSPS) is 14.3. The van der Waals surface area contributed by atoms with Crippen molar-refractivity contribution in [2.24, 2.45) is 5.92 Å². The van der Waals surface area contributed by atoms with Gasteiger partial charge >= 0.3 is 0 Å². The zero-order valence-corrected chi connectivity index (χ0v) is 14.7. The molecule has 1 fully saturated rings. The van der Waals surface area contributed by atoms with Gasteiger partial charge in [0, 0.05) is 26.2 Å². The highest BCUT2D eigenvalue weighted by molar-refractivity contribution is 5.85. The molecule has 1 heterocycles. The molecule has 0 unspecified atom stereocenters. The Bertz CT molecular complexity index is 588. The minimum absolute atomic E-state index is 0.0503. The number of rotatable bonds is 9. The zero-order valence-electron chi connectivity index (χ0n) is 14.7. The quantitative estimate of drug-likeness (QED) is 0.686. The fourth-order valence-electron chi connectivity index (χ4n) is 2.39. The molecule has 25 heavy (non-hydrogen) atoms.